The van der Waals surface area contributed by atoms with Crippen molar-refractivity contribution in [2.24, 2.45) is 5.90 Å². The van der Waals surface area contributed by atoms with Crippen LogP contribution in [0.15, 0.2) is 18.6 Å². The SMILES string of the molecule is CC.Cc1ncc(-n2cc(CC(=O)ON)cn2)s1. The minimum atomic E-state index is -0.486. The zero-order valence-corrected chi connectivity index (χ0v) is 11.4. The standard InChI is InChI=1S/C9H10N4O2S.C2H6/c1-6-11-4-8(16-6)13-5-7(3-12-13)2-9(14)15-10;1-2/h3-5H,2,10H2,1H3;1-2H3. The molecule has 0 atom stereocenters. The number of aromatic nitrogens is 3. The monoisotopic (exact) mass is 268 g/mol. The first kappa shape index (κ1) is 14.3. The first-order valence-corrected chi connectivity index (χ1v) is 6.36. The Balaban J connectivity index is 0.000000771. The quantitative estimate of drug-likeness (QED) is 0.855. The molecule has 0 saturated heterocycles. The van der Waals surface area contributed by atoms with Gasteiger partial charge in [-0.15, -0.1) is 0 Å². The lowest BCUT2D eigenvalue weighted by Crippen LogP contribution is -2.11. The highest BCUT2D eigenvalue weighted by molar-refractivity contribution is 7.14. The minimum absolute atomic E-state index is 0.119. The highest BCUT2D eigenvalue weighted by Crippen LogP contribution is 2.16. The Labute approximate surface area is 109 Å². The van der Waals surface area contributed by atoms with Crippen LogP contribution in [0.4, 0.5) is 0 Å². The molecule has 2 N–H and O–H groups in total. The number of nitrogens with two attached hydrogens (primary N) is 1. The predicted molar refractivity (Wildman–Crippen MR) is 69.3 cm³/mol. The van der Waals surface area contributed by atoms with Gasteiger partial charge in [-0.1, -0.05) is 25.2 Å². The maximum atomic E-state index is 10.9. The van der Waals surface area contributed by atoms with Gasteiger partial charge in [0.1, 0.15) is 5.00 Å². The van der Waals surface area contributed by atoms with Gasteiger partial charge in [0, 0.05) is 11.8 Å². The van der Waals surface area contributed by atoms with E-state index in [2.05, 4.69) is 14.9 Å². The third kappa shape index (κ3) is 3.64. The molecule has 0 saturated carbocycles. The molecule has 0 unspecified atom stereocenters. The molecule has 0 aromatic carbocycles. The molecule has 98 valence electrons. The number of carbonyl (C=O) groups excluding carboxylic acids is 1. The number of nitrogens with zero attached hydrogens (tertiary/aromatic N) is 3. The second-order valence-electron chi connectivity index (χ2n) is 3.18. The normalized spacial score (nSPS) is 9.56. The van der Waals surface area contributed by atoms with Crippen molar-refractivity contribution in [2.45, 2.75) is 27.2 Å². The molecule has 0 radical (unpaired) electrons. The summed E-state index contributed by atoms with van der Waals surface area (Å²) in [6.07, 6.45) is 5.21. The van der Waals surface area contributed by atoms with Gasteiger partial charge in [0.15, 0.2) is 0 Å². The first-order chi connectivity index (χ1) is 8.69. The number of rotatable bonds is 3. The number of hydrogen-bond acceptors (Lipinski definition) is 6. The lowest BCUT2D eigenvalue weighted by Gasteiger charge is -1.94. The van der Waals surface area contributed by atoms with E-state index in [-0.39, 0.29) is 6.42 Å². The Bertz CT molecular complexity index is 507. The van der Waals surface area contributed by atoms with E-state index in [1.54, 1.807) is 23.3 Å². The molecule has 0 aliphatic carbocycles. The number of carbonyl (C=O) groups is 1. The van der Waals surface area contributed by atoms with Crippen molar-refractivity contribution in [2.75, 3.05) is 0 Å². The van der Waals surface area contributed by atoms with Gasteiger partial charge in [0.2, 0.25) is 0 Å². The van der Waals surface area contributed by atoms with Gasteiger partial charge in [-0.2, -0.15) is 11.0 Å². The van der Waals surface area contributed by atoms with E-state index in [0.717, 1.165) is 15.6 Å². The highest BCUT2D eigenvalue weighted by atomic mass is 32.1. The molecular weight excluding hydrogens is 252 g/mol. The van der Waals surface area contributed by atoms with Crippen molar-refractivity contribution < 1.29 is 9.63 Å². The molecule has 2 heterocycles. The van der Waals surface area contributed by atoms with Crippen molar-refractivity contribution in [3.63, 3.8) is 0 Å². The van der Waals surface area contributed by atoms with E-state index in [1.165, 1.54) is 11.3 Å². The summed E-state index contributed by atoms with van der Waals surface area (Å²) in [5.41, 5.74) is 0.751. The zero-order chi connectivity index (χ0) is 13.5. The lowest BCUT2D eigenvalue weighted by atomic mass is 10.3. The molecule has 2 aromatic heterocycles. The smallest absolute Gasteiger partial charge is 0.328 e. The van der Waals surface area contributed by atoms with Gasteiger partial charge >= 0.3 is 5.97 Å². The second-order valence-corrected chi connectivity index (χ2v) is 4.39. The maximum absolute atomic E-state index is 10.9. The summed E-state index contributed by atoms with van der Waals surface area (Å²) in [7, 11) is 0. The zero-order valence-electron chi connectivity index (χ0n) is 10.6. The molecular formula is C11H16N4O2S. The van der Waals surface area contributed by atoms with Crippen LogP contribution in [0.2, 0.25) is 0 Å². The van der Waals surface area contributed by atoms with E-state index in [0.29, 0.717) is 0 Å². The Morgan fingerprint density at radius 3 is 2.78 bits per heavy atom. The molecule has 0 aliphatic rings. The molecule has 7 heteroatoms. The van der Waals surface area contributed by atoms with Crippen molar-refractivity contribution in [3.8, 4) is 5.00 Å². The fraction of sp³-hybridized carbons (Fsp3) is 0.364. The van der Waals surface area contributed by atoms with Crippen molar-refractivity contribution in [1.82, 2.24) is 14.8 Å². The number of hydrogen-bond donors (Lipinski definition) is 1. The summed E-state index contributed by atoms with van der Waals surface area (Å²) in [5.74, 6) is 4.27. The van der Waals surface area contributed by atoms with E-state index in [4.69, 9.17) is 5.90 Å². The first-order valence-electron chi connectivity index (χ1n) is 5.55. The maximum Gasteiger partial charge on any atom is 0.328 e. The van der Waals surface area contributed by atoms with Gasteiger partial charge < -0.3 is 4.84 Å². The van der Waals surface area contributed by atoms with Gasteiger partial charge in [-0.25, -0.2) is 9.67 Å². The molecule has 0 aliphatic heterocycles. The summed E-state index contributed by atoms with van der Waals surface area (Å²) in [4.78, 5) is 19.2. The Morgan fingerprint density at radius 2 is 2.22 bits per heavy atom. The van der Waals surface area contributed by atoms with Crippen LogP contribution in [0.25, 0.3) is 5.00 Å². The average molecular weight is 268 g/mol. The molecule has 0 fully saturated rings. The largest absolute Gasteiger partial charge is 0.373 e. The van der Waals surface area contributed by atoms with Crippen LogP contribution in [0.5, 0.6) is 0 Å². The summed E-state index contributed by atoms with van der Waals surface area (Å²) in [6.45, 7) is 5.92. The molecule has 18 heavy (non-hydrogen) atoms. The Kier molecular flexibility index (Phi) is 5.47. The average Bonchev–Trinajstić information content (AvgIpc) is 3.00. The topological polar surface area (TPSA) is 83.0 Å². The van der Waals surface area contributed by atoms with Crippen molar-refractivity contribution in [1.29, 1.82) is 0 Å². The highest BCUT2D eigenvalue weighted by Gasteiger charge is 2.08. The van der Waals surface area contributed by atoms with Crippen LogP contribution < -0.4 is 5.90 Å². The summed E-state index contributed by atoms with van der Waals surface area (Å²) in [6, 6.07) is 0. The van der Waals surface area contributed by atoms with E-state index < -0.39 is 5.97 Å². The van der Waals surface area contributed by atoms with Crippen molar-refractivity contribution >= 4 is 17.3 Å². The fourth-order valence-electron chi connectivity index (χ4n) is 1.24. The van der Waals surface area contributed by atoms with Crippen LogP contribution in [0.1, 0.15) is 24.4 Å². The summed E-state index contributed by atoms with van der Waals surface area (Å²) >= 11 is 1.53. The second kappa shape index (κ2) is 6.87. The summed E-state index contributed by atoms with van der Waals surface area (Å²) < 4.78 is 1.67. The van der Waals surface area contributed by atoms with Crippen LogP contribution in [-0.4, -0.2) is 20.7 Å². The van der Waals surface area contributed by atoms with E-state index in [1.807, 2.05) is 20.8 Å². The van der Waals surface area contributed by atoms with E-state index >= 15 is 0 Å². The lowest BCUT2D eigenvalue weighted by molar-refractivity contribution is -0.143. The van der Waals surface area contributed by atoms with Crippen LogP contribution in [0.3, 0.4) is 0 Å². The number of aryl methyl sites for hydroxylation is 1. The van der Waals surface area contributed by atoms with E-state index in [9.17, 15) is 4.79 Å². The Morgan fingerprint density at radius 1 is 1.50 bits per heavy atom. The summed E-state index contributed by atoms with van der Waals surface area (Å²) in [5, 5.41) is 6.00. The fourth-order valence-corrected chi connectivity index (χ4v) is 1.94. The number of thiazole rings is 1. The van der Waals surface area contributed by atoms with Crippen LogP contribution in [0, 0.1) is 6.92 Å². The molecule has 2 rings (SSSR count). The molecule has 0 amide bonds. The minimum Gasteiger partial charge on any atom is -0.373 e. The van der Waals surface area contributed by atoms with Gasteiger partial charge in [-0.3, -0.25) is 4.79 Å². The predicted octanol–water partition coefficient (Wildman–Crippen LogP) is 1.62. The molecule has 0 spiro atoms. The molecule has 6 nitrogen and oxygen atoms in total. The Hall–Kier alpha value is -1.73. The van der Waals surface area contributed by atoms with Gasteiger partial charge in [0.05, 0.1) is 23.8 Å². The third-order valence-corrected chi connectivity index (χ3v) is 2.85. The van der Waals surface area contributed by atoms with Gasteiger partial charge in [0.25, 0.3) is 0 Å². The van der Waals surface area contributed by atoms with Crippen molar-refractivity contribution in [3.05, 3.63) is 29.2 Å². The third-order valence-electron chi connectivity index (χ3n) is 1.95. The van der Waals surface area contributed by atoms with Gasteiger partial charge in [-0.05, 0) is 6.92 Å². The molecule has 0 bridgehead atoms. The molecule has 2 aromatic rings. The van der Waals surface area contributed by atoms with Crippen LogP contribution >= 0.6 is 11.3 Å². The van der Waals surface area contributed by atoms with Crippen LogP contribution in [-0.2, 0) is 16.1 Å².